The number of unbranched alkanes of at least 4 members (excludes halogenated alkanes) is 13. The Morgan fingerprint density at radius 1 is 0.643 bits per heavy atom. The summed E-state index contributed by atoms with van der Waals surface area (Å²) in [6.45, 7) is 7.01. The second kappa shape index (κ2) is 22.7. The van der Waals surface area contributed by atoms with E-state index in [2.05, 4.69) is 37.9 Å². The zero-order valence-corrected chi connectivity index (χ0v) is 19.7. The van der Waals surface area contributed by atoms with Gasteiger partial charge in [0.2, 0.25) is 0 Å². The third-order valence-electron chi connectivity index (χ3n) is 5.63. The van der Waals surface area contributed by atoms with Crippen molar-refractivity contribution in [1.29, 1.82) is 0 Å². The SMILES string of the molecule is CCCCCC/C=C/CC(=O)CCCCCCCN(C)CCCCCCCC. The van der Waals surface area contributed by atoms with Crippen molar-refractivity contribution in [2.75, 3.05) is 20.1 Å². The van der Waals surface area contributed by atoms with Gasteiger partial charge in [0.15, 0.2) is 0 Å². The lowest BCUT2D eigenvalue weighted by Crippen LogP contribution is -2.20. The molecule has 0 rings (SSSR count). The molecule has 0 atom stereocenters. The van der Waals surface area contributed by atoms with E-state index < -0.39 is 0 Å². The molecule has 2 nitrogen and oxygen atoms in total. The van der Waals surface area contributed by atoms with Gasteiger partial charge in [0, 0.05) is 12.8 Å². The molecule has 0 aliphatic heterocycles. The molecule has 0 radical (unpaired) electrons. The number of Topliss-reactive ketones (excluding diaryl/α,β-unsaturated/α-hetero) is 1. The van der Waals surface area contributed by atoms with Gasteiger partial charge in [-0.3, -0.25) is 4.79 Å². The molecule has 2 heteroatoms. The van der Waals surface area contributed by atoms with Crippen molar-refractivity contribution in [1.82, 2.24) is 4.90 Å². The van der Waals surface area contributed by atoms with Crippen molar-refractivity contribution in [3.05, 3.63) is 12.2 Å². The summed E-state index contributed by atoms with van der Waals surface area (Å²) in [5.41, 5.74) is 0. The van der Waals surface area contributed by atoms with Gasteiger partial charge in [0.25, 0.3) is 0 Å². The number of carbonyl (C=O) groups is 1. The maximum absolute atomic E-state index is 11.9. The fourth-order valence-corrected chi connectivity index (χ4v) is 3.63. The molecule has 0 N–H and O–H groups in total. The fourth-order valence-electron chi connectivity index (χ4n) is 3.63. The Bertz CT molecular complexity index is 350. The first-order chi connectivity index (χ1) is 13.7. The molecule has 0 saturated carbocycles. The summed E-state index contributed by atoms with van der Waals surface area (Å²) < 4.78 is 0. The Kier molecular flexibility index (Phi) is 22.1. The lowest BCUT2D eigenvalue weighted by Gasteiger charge is -2.16. The average molecular weight is 394 g/mol. The number of rotatable bonds is 22. The van der Waals surface area contributed by atoms with Crippen molar-refractivity contribution >= 4 is 5.78 Å². The van der Waals surface area contributed by atoms with Gasteiger partial charge in [0.1, 0.15) is 5.78 Å². The normalized spacial score (nSPS) is 11.7. The summed E-state index contributed by atoms with van der Waals surface area (Å²) in [5, 5.41) is 0. The molecule has 0 unspecified atom stereocenters. The smallest absolute Gasteiger partial charge is 0.136 e. The summed E-state index contributed by atoms with van der Waals surface area (Å²) in [6, 6.07) is 0. The van der Waals surface area contributed by atoms with Gasteiger partial charge in [-0.15, -0.1) is 0 Å². The minimum atomic E-state index is 0.420. The molecule has 0 spiro atoms. The first-order valence-corrected chi connectivity index (χ1v) is 12.6. The van der Waals surface area contributed by atoms with Crippen LogP contribution in [0.4, 0.5) is 0 Å². The molecule has 0 amide bonds. The number of allylic oxidation sites excluding steroid dienone is 2. The van der Waals surface area contributed by atoms with E-state index in [4.69, 9.17) is 0 Å². The Labute approximate surface area is 177 Å². The van der Waals surface area contributed by atoms with Gasteiger partial charge in [-0.25, -0.2) is 0 Å². The highest BCUT2D eigenvalue weighted by atomic mass is 16.1. The van der Waals surface area contributed by atoms with E-state index in [9.17, 15) is 4.79 Å². The monoisotopic (exact) mass is 393 g/mol. The molecule has 166 valence electrons. The Morgan fingerprint density at radius 3 is 1.75 bits per heavy atom. The van der Waals surface area contributed by atoms with Crippen molar-refractivity contribution < 1.29 is 4.79 Å². The van der Waals surface area contributed by atoms with Crippen molar-refractivity contribution in [2.24, 2.45) is 0 Å². The first kappa shape index (κ1) is 27.4. The predicted octanol–water partition coefficient (Wildman–Crippen LogP) is 8.11. The summed E-state index contributed by atoms with van der Waals surface area (Å²) in [5.74, 6) is 0.420. The van der Waals surface area contributed by atoms with Gasteiger partial charge >= 0.3 is 0 Å². The number of hydrogen-bond donors (Lipinski definition) is 0. The topological polar surface area (TPSA) is 20.3 Å². The van der Waals surface area contributed by atoms with Gasteiger partial charge in [-0.2, -0.15) is 0 Å². The van der Waals surface area contributed by atoms with Crippen LogP contribution in [-0.4, -0.2) is 30.8 Å². The molecule has 0 heterocycles. The molecule has 0 aromatic rings. The van der Waals surface area contributed by atoms with Gasteiger partial charge < -0.3 is 4.90 Å². The minimum Gasteiger partial charge on any atom is -0.306 e. The number of ketones is 1. The molecule has 28 heavy (non-hydrogen) atoms. The van der Waals surface area contributed by atoms with Crippen LogP contribution in [0.3, 0.4) is 0 Å². The van der Waals surface area contributed by atoms with Crippen LogP contribution in [0, 0.1) is 0 Å². The summed E-state index contributed by atoms with van der Waals surface area (Å²) in [7, 11) is 2.27. The quantitative estimate of drug-likeness (QED) is 0.137. The van der Waals surface area contributed by atoms with Crippen molar-refractivity contribution in [2.45, 2.75) is 129 Å². The molecular formula is C26H51NO. The molecule has 0 aliphatic carbocycles. The number of nitrogens with zero attached hydrogens (tertiary/aromatic N) is 1. The van der Waals surface area contributed by atoms with Crippen LogP contribution in [-0.2, 0) is 4.79 Å². The van der Waals surface area contributed by atoms with E-state index in [0.717, 1.165) is 19.3 Å². The summed E-state index contributed by atoms with van der Waals surface area (Å²) >= 11 is 0. The molecule has 0 aliphatic rings. The summed E-state index contributed by atoms with van der Waals surface area (Å²) in [4.78, 5) is 14.4. The third kappa shape index (κ3) is 21.7. The van der Waals surface area contributed by atoms with Crippen LogP contribution in [0.2, 0.25) is 0 Å². The first-order valence-electron chi connectivity index (χ1n) is 12.6. The molecule has 0 fully saturated rings. The average Bonchev–Trinajstić information content (AvgIpc) is 2.69. The maximum atomic E-state index is 11.9. The van der Waals surface area contributed by atoms with Crippen LogP contribution in [0.1, 0.15) is 129 Å². The third-order valence-corrected chi connectivity index (χ3v) is 5.63. The zero-order valence-electron chi connectivity index (χ0n) is 19.7. The molecule has 0 aromatic heterocycles. The fraction of sp³-hybridized carbons (Fsp3) is 0.885. The lowest BCUT2D eigenvalue weighted by molar-refractivity contribution is -0.118. The van der Waals surface area contributed by atoms with Crippen molar-refractivity contribution in [3.8, 4) is 0 Å². The Balaban J connectivity index is 3.33. The largest absolute Gasteiger partial charge is 0.306 e. The van der Waals surface area contributed by atoms with Gasteiger partial charge in [-0.1, -0.05) is 96.6 Å². The molecular weight excluding hydrogens is 342 g/mol. The van der Waals surface area contributed by atoms with E-state index >= 15 is 0 Å². The minimum absolute atomic E-state index is 0.420. The van der Waals surface area contributed by atoms with E-state index in [-0.39, 0.29) is 0 Å². The van der Waals surface area contributed by atoms with Crippen LogP contribution in [0.25, 0.3) is 0 Å². The highest BCUT2D eigenvalue weighted by Crippen LogP contribution is 2.09. The summed E-state index contributed by atoms with van der Waals surface area (Å²) in [6.07, 6.45) is 26.6. The highest BCUT2D eigenvalue weighted by Gasteiger charge is 2.01. The van der Waals surface area contributed by atoms with Crippen LogP contribution < -0.4 is 0 Å². The van der Waals surface area contributed by atoms with Gasteiger partial charge in [0.05, 0.1) is 0 Å². The van der Waals surface area contributed by atoms with Crippen LogP contribution >= 0.6 is 0 Å². The van der Waals surface area contributed by atoms with E-state index in [1.165, 1.54) is 103 Å². The molecule has 0 bridgehead atoms. The molecule has 0 aromatic carbocycles. The van der Waals surface area contributed by atoms with E-state index in [1.54, 1.807) is 0 Å². The maximum Gasteiger partial charge on any atom is 0.136 e. The predicted molar refractivity (Wildman–Crippen MR) is 126 cm³/mol. The number of carbonyl (C=O) groups excluding carboxylic acids is 1. The number of hydrogen-bond acceptors (Lipinski definition) is 2. The van der Waals surface area contributed by atoms with Crippen LogP contribution in [0.15, 0.2) is 12.2 Å². The van der Waals surface area contributed by atoms with Crippen LogP contribution in [0.5, 0.6) is 0 Å². The second-order valence-corrected chi connectivity index (χ2v) is 8.65. The lowest BCUT2D eigenvalue weighted by atomic mass is 10.1. The Hall–Kier alpha value is -0.630. The second-order valence-electron chi connectivity index (χ2n) is 8.65. The Morgan fingerprint density at radius 2 is 1.14 bits per heavy atom. The van der Waals surface area contributed by atoms with E-state index in [0.29, 0.717) is 12.2 Å². The standard InChI is InChI=1S/C26H51NO/c1-4-6-8-10-12-14-18-22-26(28)23-19-15-13-17-21-25-27(3)24-20-16-11-9-7-5-2/h14,18H,4-13,15-17,19-25H2,1-3H3/b18-14+. The highest BCUT2D eigenvalue weighted by molar-refractivity contribution is 5.79. The van der Waals surface area contributed by atoms with Crippen molar-refractivity contribution in [3.63, 3.8) is 0 Å². The van der Waals surface area contributed by atoms with E-state index in [1.807, 2.05) is 0 Å². The van der Waals surface area contributed by atoms with Gasteiger partial charge in [-0.05, 0) is 52.2 Å². The molecule has 0 saturated heterocycles. The zero-order chi connectivity index (χ0) is 20.7.